The van der Waals surface area contributed by atoms with Gasteiger partial charge in [-0.2, -0.15) is 0 Å². The maximum absolute atomic E-state index is 11.5. The van der Waals surface area contributed by atoms with Crippen molar-refractivity contribution in [3.8, 4) is 0 Å². The molecule has 0 atom stereocenters. The molecule has 1 aliphatic carbocycles. The van der Waals surface area contributed by atoms with Gasteiger partial charge in [0.05, 0.1) is 25.2 Å². The third-order valence-corrected chi connectivity index (χ3v) is 2.98. The fourth-order valence-electron chi connectivity index (χ4n) is 1.89. The summed E-state index contributed by atoms with van der Waals surface area (Å²) in [6, 6.07) is 0. The quantitative estimate of drug-likeness (QED) is 0.503. The maximum atomic E-state index is 11.5. The van der Waals surface area contributed by atoms with Crippen LogP contribution in [0.5, 0.6) is 0 Å². The lowest BCUT2D eigenvalue weighted by atomic mass is 9.92. The Kier molecular flexibility index (Phi) is 6.80. The molecule has 0 aliphatic heterocycles. The van der Waals surface area contributed by atoms with E-state index in [2.05, 4.69) is 6.92 Å². The number of hydrogen-bond acceptors (Lipinski definition) is 4. The second kappa shape index (κ2) is 7.85. The molecule has 19 heavy (non-hydrogen) atoms. The van der Waals surface area contributed by atoms with Crippen LogP contribution in [0.1, 0.15) is 59.8 Å². The molecule has 0 aromatic rings. The highest BCUT2D eigenvalue weighted by molar-refractivity contribution is 5.69. The van der Waals surface area contributed by atoms with E-state index in [1.165, 1.54) is 6.42 Å². The summed E-state index contributed by atoms with van der Waals surface area (Å²) in [6.45, 7) is 9.07. The van der Waals surface area contributed by atoms with Crippen molar-refractivity contribution < 1.29 is 19.0 Å². The molecule has 1 rings (SSSR count). The molecule has 0 saturated heterocycles. The van der Waals surface area contributed by atoms with Crippen molar-refractivity contribution in [3.05, 3.63) is 0 Å². The monoisotopic (exact) mass is 272 g/mol. The normalized spacial score (nSPS) is 22.9. The largest absolute Gasteiger partial charge is 0.460 e. The number of hydrogen-bond donors (Lipinski definition) is 0. The minimum Gasteiger partial charge on any atom is -0.460 e. The van der Waals surface area contributed by atoms with Gasteiger partial charge in [-0.1, -0.05) is 13.3 Å². The van der Waals surface area contributed by atoms with Crippen molar-refractivity contribution in [3.63, 3.8) is 0 Å². The summed E-state index contributed by atoms with van der Waals surface area (Å²) < 4.78 is 16.5. The summed E-state index contributed by atoms with van der Waals surface area (Å²) in [7, 11) is 0. The van der Waals surface area contributed by atoms with Crippen LogP contribution < -0.4 is 0 Å². The molecule has 112 valence electrons. The average Bonchev–Trinajstić information content (AvgIpc) is 2.22. The van der Waals surface area contributed by atoms with Crippen molar-refractivity contribution in [1.82, 2.24) is 0 Å². The molecule has 0 amide bonds. The van der Waals surface area contributed by atoms with Crippen molar-refractivity contribution in [2.45, 2.75) is 77.6 Å². The van der Waals surface area contributed by atoms with Crippen molar-refractivity contribution >= 4 is 5.97 Å². The van der Waals surface area contributed by atoms with Gasteiger partial charge in [-0.25, -0.2) is 0 Å². The lowest BCUT2D eigenvalue weighted by Gasteiger charge is -2.34. The van der Waals surface area contributed by atoms with Gasteiger partial charge in [-0.05, 0) is 40.0 Å². The fourth-order valence-corrected chi connectivity index (χ4v) is 1.89. The predicted octanol–water partition coefficient (Wildman–Crippen LogP) is 3.08. The molecule has 4 nitrogen and oxygen atoms in total. The zero-order valence-corrected chi connectivity index (χ0v) is 12.7. The van der Waals surface area contributed by atoms with Gasteiger partial charge in [0, 0.05) is 6.61 Å². The Balaban J connectivity index is 1.96. The van der Waals surface area contributed by atoms with Gasteiger partial charge < -0.3 is 14.2 Å². The molecule has 0 aromatic carbocycles. The summed E-state index contributed by atoms with van der Waals surface area (Å²) >= 11 is 0. The molecule has 4 heteroatoms. The number of carbonyl (C=O) groups is 1. The van der Waals surface area contributed by atoms with E-state index in [9.17, 15) is 4.79 Å². The number of rotatable bonds is 8. The van der Waals surface area contributed by atoms with Gasteiger partial charge in [0.2, 0.25) is 0 Å². The number of carbonyl (C=O) groups excluding carboxylic acids is 1. The van der Waals surface area contributed by atoms with Crippen LogP contribution in [0.3, 0.4) is 0 Å². The smallest absolute Gasteiger partial charge is 0.308 e. The highest BCUT2D eigenvalue weighted by atomic mass is 16.6. The summed E-state index contributed by atoms with van der Waals surface area (Å²) in [6.07, 6.45) is 5.15. The molecule has 0 bridgehead atoms. The van der Waals surface area contributed by atoms with E-state index in [1.54, 1.807) is 0 Å². The maximum Gasteiger partial charge on any atom is 0.308 e. The highest BCUT2D eigenvalue weighted by Gasteiger charge is 2.30. The minimum atomic E-state index is -0.411. The third-order valence-electron chi connectivity index (χ3n) is 2.98. The van der Waals surface area contributed by atoms with Crippen LogP contribution in [0.15, 0.2) is 0 Å². The first kappa shape index (κ1) is 16.4. The zero-order chi connectivity index (χ0) is 14.3. The predicted molar refractivity (Wildman–Crippen MR) is 74.1 cm³/mol. The minimum absolute atomic E-state index is 0.192. The van der Waals surface area contributed by atoms with E-state index in [-0.39, 0.29) is 12.1 Å². The summed E-state index contributed by atoms with van der Waals surface area (Å²) in [4.78, 5) is 11.5. The summed E-state index contributed by atoms with van der Waals surface area (Å²) in [5.41, 5.74) is -0.411. The van der Waals surface area contributed by atoms with Crippen molar-refractivity contribution in [1.29, 1.82) is 0 Å². The van der Waals surface area contributed by atoms with Crippen LogP contribution in [-0.2, 0) is 19.0 Å². The first-order valence-electron chi connectivity index (χ1n) is 7.35. The molecule has 0 N–H and O–H groups in total. The van der Waals surface area contributed by atoms with E-state index in [1.807, 2.05) is 20.8 Å². The van der Waals surface area contributed by atoms with Gasteiger partial charge in [0.15, 0.2) is 0 Å². The van der Waals surface area contributed by atoms with E-state index in [0.717, 1.165) is 25.9 Å². The Morgan fingerprint density at radius 2 is 1.68 bits per heavy atom. The average molecular weight is 272 g/mol. The first-order chi connectivity index (χ1) is 8.90. The van der Waals surface area contributed by atoms with Crippen LogP contribution in [0, 0.1) is 0 Å². The van der Waals surface area contributed by atoms with Crippen LogP contribution in [0.4, 0.5) is 0 Å². The SMILES string of the molecule is CCCCOC1CC(OCCC(=O)OC(C)(C)C)C1. The molecule has 0 aromatic heterocycles. The molecule has 1 saturated carbocycles. The van der Waals surface area contributed by atoms with E-state index >= 15 is 0 Å². The van der Waals surface area contributed by atoms with Crippen LogP contribution in [0.2, 0.25) is 0 Å². The molecular formula is C15H28O4. The highest BCUT2D eigenvalue weighted by Crippen LogP contribution is 2.26. The van der Waals surface area contributed by atoms with E-state index in [4.69, 9.17) is 14.2 Å². The van der Waals surface area contributed by atoms with Gasteiger partial charge in [0.1, 0.15) is 5.60 Å². The molecule has 1 aliphatic rings. The molecule has 0 heterocycles. The Hall–Kier alpha value is -0.610. The molecule has 0 unspecified atom stereocenters. The number of esters is 1. The molecule has 0 spiro atoms. The van der Waals surface area contributed by atoms with Crippen LogP contribution in [-0.4, -0.2) is 37.0 Å². The lowest BCUT2D eigenvalue weighted by molar-refractivity contribution is -0.158. The van der Waals surface area contributed by atoms with E-state index in [0.29, 0.717) is 19.1 Å². The van der Waals surface area contributed by atoms with Crippen molar-refractivity contribution in [2.24, 2.45) is 0 Å². The second-order valence-corrected chi connectivity index (χ2v) is 6.15. The summed E-state index contributed by atoms with van der Waals surface area (Å²) in [5.74, 6) is -0.192. The van der Waals surface area contributed by atoms with E-state index < -0.39 is 5.60 Å². The van der Waals surface area contributed by atoms with Crippen LogP contribution >= 0.6 is 0 Å². The molecule has 0 radical (unpaired) electrons. The topological polar surface area (TPSA) is 44.8 Å². The Labute approximate surface area is 116 Å². The fraction of sp³-hybridized carbons (Fsp3) is 0.933. The van der Waals surface area contributed by atoms with Gasteiger partial charge in [-0.15, -0.1) is 0 Å². The Morgan fingerprint density at radius 1 is 1.11 bits per heavy atom. The van der Waals surface area contributed by atoms with Crippen molar-refractivity contribution in [2.75, 3.05) is 13.2 Å². The molecule has 1 fully saturated rings. The number of unbranched alkanes of at least 4 members (excludes halogenated alkanes) is 1. The Bertz CT molecular complexity index is 264. The molecular weight excluding hydrogens is 244 g/mol. The Morgan fingerprint density at radius 3 is 2.21 bits per heavy atom. The lowest BCUT2D eigenvalue weighted by Crippen LogP contribution is -2.38. The standard InChI is InChI=1S/C15H28O4/c1-5-6-8-17-12-10-13(11-12)18-9-7-14(16)19-15(2,3)4/h12-13H,5-11H2,1-4H3. The second-order valence-electron chi connectivity index (χ2n) is 6.15. The van der Waals surface area contributed by atoms with Gasteiger partial charge >= 0.3 is 5.97 Å². The van der Waals surface area contributed by atoms with Gasteiger partial charge in [0.25, 0.3) is 0 Å². The summed E-state index contributed by atoms with van der Waals surface area (Å²) in [5, 5.41) is 0. The number of ether oxygens (including phenoxy) is 3. The van der Waals surface area contributed by atoms with Crippen LogP contribution in [0.25, 0.3) is 0 Å². The third kappa shape index (κ3) is 7.53. The van der Waals surface area contributed by atoms with Gasteiger partial charge in [-0.3, -0.25) is 4.79 Å². The first-order valence-corrected chi connectivity index (χ1v) is 7.35. The zero-order valence-electron chi connectivity index (χ0n) is 12.7.